The molecule has 1 aliphatic heterocycles. The average Bonchev–Trinajstić information content (AvgIpc) is 2.43. The molecular formula is C6H13BrN2O. The third kappa shape index (κ3) is 7.91. The number of hydrogen-bond acceptors (Lipinski definition) is 2. The van der Waals surface area contributed by atoms with E-state index in [4.69, 9.17) is 0 Å². The number of amides is 1. The largest absolute Gasteiger partial charge is 0.369 e. The van der Waals surface area contributed by atoms with Crippen molar-refractivity contribution in [3.8, 4) is 0 Å². The molecule has 3 nitrogen and oxygen atoms in total. The van der Waals surface area contributed by atoms with Crippen LogP contribution in [0.5, 0.6) is 0 Å². The highest BCUT2D eigenvalue weighted by molar-refractivity contribution is 9.09. The molecule has 0 bridgehead atoms. The normalized spacial score (nSPS) is 15.7. The molecule has 0 spiro atoms. The van der Waals surface area contributed by atoms with Crippen molar-refractivity contribution < 1.29 is 4.79 Å². The molecule has 3 N–H and O–H groups in total. The summed E-state index contributed by atoms with van der Waals surface area (Å²) in [4.78, 5) is 9.54. The van der Waals surface area contributed by atoms with Crippen LogP contribution in [0.15, 0.2) is 0 Å². The summed E-state index contributed by atoms with van der Waals surface area (Å²) < 4.78 is 0. The third-order valence-corrected chi connectivity index (χ3v) is 1.64. The second-order valence-electron chi connectivity index (χ2n) is 2.06. The van der Waals surface area contributed by atoms with Gasteiger partial charge in [-0.25, -0.2) is 0 Å². The van der Waals surface area contributed by atoms with Crippen LogP contribution in [0.1, 0.15) is 12.8 Å². The number of carbonyl (C=O) groups excluding carboxylic acids is 1. The third-order valence-electron chi connectivity index (χ3n) is 1.09. The number of nitrogens with one attached hydrogen (secondary N) is 1. The van der Waals surface area contributed by atoms with Gasteiger partial charge in [-0.3, -0.25) is 4.79 Å². The van der Waals surface area contributed by atoms with Crippen LogP contribution in [0.25, 0.3) is 0 Å². The van der Waals surface area contributed by atoms with Gasteiger partial charge in [0.15, 0.2) is 0 Å². The Kier molecular flexibility index (Phi) is 6.96. The van der Waals surface area contributed by atoms with E-state index in [2.05, 4.69) is 27.0 Å². The van der Waals surface area contributed by atoms with Crippen molar-refractivity contribution in [3.63, 3.8) is 0 Å². The molecule has 0 atom stereocenters. The molecule has 0 aromatic carbocycles. The molecule has 0 aliphatic carbocycles. The number of nitrogens with two attached hydrogens (primary N) is 1. The summed E-state index contributed by atoms with van der Waals surface area (Å²) in [6.07, 6.45) is 2.78. The van der Waals surface area contributed by atoms with E-state index in [9.17, 15) is 4.79 Å². The van der Waals surface area contributed by atoms with E-state index in [-0.39, 0.29) is 11.2 Å². The lowest BCUT2D eigenvalue weighted by molar-refractivity contribution is -0.115. The second-order valence-corrected chi connectivity index (χ2v) is 2.62. The van der Waals surface area contributed by atoms with Crippen LogP contribution < -0.4 is 11.1 Å². The molecule has 1 amide bonds. The minimum Gasteiger partial charge on any atom is -0.369 e. The highest BCUT2D eigenvalue weighted by Gasteiger charge is 1.93. The van der Waals surface area contributed by atoms with Gasteiger partial charge in [-0.1, -0.05) is 15.9 Å². The van der Waals surface area contributed by atoms with Crippen molar-refractivity contribution in [1.29, 1.82) is 0 Å². The van der Waals surface area contributed by atoms with E-state index in [0.717, 1.165) is 0 Å². The number of hydrogen-bond donors (Lipinski definition) is 2. The van der Waals surface area contributed by atoms with Crippen LogP contribution in [0.2, 0.25) is 0 Å². The van der Waals surface area contributed by atoms with Crippen molar-refractivity contribution in [2.24, 2.45) is 5.73 Å². The maximum Gasteiger partial charge on any atom is 0.228 e. The SMILES string of the molecule is C1CCNC1.NC(=O)CBr. The number of rotatable bonds is 1. The topological polar surface area (TPSA) is 55.1 Å². The van der Waals surface area contributed by atoms with Gasteiger partial charge in [-0.05, 0) is 25.9 Å². The van der Waals surface area contributed by atoms with Gasteiger partial charge >= 0.3 is 0 Å². The molecular weight excluding hydrogens is 196 g/mol. The number of alkyl halides is 1. The van der Waals surface area contributed by atoms with Crippen molar-refractivity contribution >= 4 is 21.8 Å². The van der Waals surface area contributed by atoms with Gasteiger partial charge < -0.3 is 11.1 Å². The molecule has 1 heterocycles. The minimum atomic E-state index is -0.329. The standard InChI is InChI=1S/C4H9N.C2H4BrNO/c1-2-4-5-3-1;3-1-2(4)5/h5H,1-4H2;1H2,(H2,4,5). The lowest BCUT2D eigenvalue weighted by atomic mass is 10.4. The lowest BCUT2D eigenvalue weighted by Gasteiger charge is -1.76. The van der Waals surface area contributed by atoms with Crippen LogP contribution in [-0.4, -0.2) is 24.3 Å². The monoisotopic (exact) mass is 208 g/mol. The van der Waals surface area contributed by atoms with E-state index < -0.39 is 0 Å². The lowest BCUT2D eigenvalue weighted by Crippen LogP contribution is -2.10. The summed E-state index contributed by atoms with van der Waals surface area (Å²) in [5, 5.41) is 3.48. The zero-order chi connectivity index (χ0) is 7.82. The predicted molar refractivity (Wildman–Crippen MR) is 45.1 cm³/mol. The van der Waals surface area contributed by atoms with Gasteiger partial charge in [-0.15, -0.1) is 0 Å². The molecule has 0 aromatic heterocycles. The van der Waals surface area contributed by atoms with Gasteiger partial charge in [0.2, 0.25) is 5.91 Å². The van der Waals surface area contributed by atoms with Gasteiger partial charge in [0.25, 0.3) is 0 Å². The van der Waals surface area contributed by atoms with Crippen LogP contribution in [-0.2, 0) is 4.79 Å². The molecule has 1 saturated heterocycles. The molecule has 0 unspecified atom stereocenters. The van der Waals surface area contributed by atoms with Gasteiger partial charge in [-0.2, -0.15) is 0 Å². The smallest absolute Gasteiger partial charge is 0.228 e. The molecule has 1 fully saturated rings. The van der Waals surface area contributed by atoms with E-state index in [0.29, 0.717) is 0 Å². The summed E-state index contributed by atoms with van der Waals surface area (Å²) in [5.74, 6) is -0.329. The van der Waals surface area contributed by atoms with Crippen LogP contribution in [0.3, 0.4) is 0 Å². The van der Waals surface area contributed by atoms with E-state index in [1.807, 2.05) is 0 Å². The molecule has 0 radical (unpaired) electrons. The fourth-order valence-corrected chi connectivity index (χ4v) is 0.625. The van der Waals surface area contributed by atoms with Crippen molar-refractivity contribution in [2.45, 2.75) is 12.8 Å². The maximum absolute atomic E-state index is 9.54. The first-order chi connectivity index (χ1) is 4.77. The van der Waals surface area contributed by atoms with Crippen molar-refractivity contribution in [1.82, 2.24) is 5.32 Å². The molecule has 4 heteroatoms. The van der Waals surface area contributed by atoms with Gasteiger partial charge in [0.05, 0.1) is 5.33 Å². The van der Waals surface area contributed by atoms with Gasteiger partial charge in [0, 0.05) is 0 Å². The maximum atomic E-state index is 9.54. The first-order valence-corrected chi connectivity index (χ1v) is 4.44. The van der Waals surface area contributed by atoms with Crippen molar-refractivity contribution in [3.05, 3.63) is 0 Å². The molecule has 1 aliphatic rings. The number of carbonyl (C=O) groups is 1. The molecule has 0 aromatic rings. The summed E-state index contributed by atoms with van der Waals surface area (Å²) >= 11 is 2.84. The number of primary amides is 1. The Morgan fingerprint density at radius 1 is 1.50 bits per heavy atom. The quantitative estimate of drug-likeness (QED) is 0.607. The van der Waals surface area contributed by atoms with Crippen LogP contribution in [0, 0.1) is 0 Å². The highest BCUT2D eigenvalue weighted by atomic mass is 79.9. The Morgan fingerprint density at radius 3 is 2.00 bits per heavy atom. The molecule has 0 saturated carbocycles. The zero-order valence-corrected chi connectivity index (χ0v) is 7.49. The average molecular weight is 209 g/mol. The van der Waals surface area contributed by atoms with Gasteiger partial charge in [0.1, 0.15) is 0 Å². The Labute approximate surface area is 69.5 Å². The Hall–Kier alpha value is -0.0900. The summed E-state index contributed by atoms with van der Waals surface area (Å²) in [6.45, 7) is 2.50. The molecule has 1 rings (SSSR count). The van der Waals surface area contributed by atoms with Crippen LogP contribution in [0.4, 0.5) is 0 Å². The Balaban J connectivity index is 0.000000162. The fourth-order valence-electron chi connectivity index (χ4n) is 0.625. The molecule has 10 heavy (non-hydrogen) atoms. The predicted octanol–water partition coefficient (Wildman–Crippen LogP) is 0.236. The highest BCUT2D eigenvalue weighted by Crippen LogP contribution is 1.90. The van der Waals surface area contributed by atoms with Crippen molar-refractivity contribution in [2.75, 3.05) is 18.4 Å². The Bertz CT molecular complexity index is 86.1. The first kappa shape index (κ1) is 9.91. The van der Waals surface area contributed by atoms with E-state index in [1.165, 1.54) is 25.9 Å². The van der Waals surface area contributed by atoms with E-state index in [1.54, 1.807) is 0 Å². The molecule has 60 valence electrons. The summed E-state index contributed by atoms with van der Waals surface area (Å²) in [5.41, 5.74) is 4.61. The summed E-state index contributed by atoms with van der Waals surface area (Å²) in [7, 11) is 0. The number of halogens is 1. The minimum absolute atomic E-state index is 0.257. The van der Waals surface area contributed by atoms with Crippen LogP contribution >= 0.6 is 15.9 Å². The van der Waals surface area contributed by atoms with E-state index >= 15 is 0 Å². The summed E-state index contributed by atoms with van der Waals surface area (Å²) in [6, 6.07) is 0. The fraction of sp³-hybridized carbons (Fsp3) is 0.833. The first-order valence-electron chi connectivity index (χ1n) is 3.32. The zero-order valence-electron chi connectivity index (χ0n) is 5.90. The second kappa shape index (κ2) is 7.02. The Morgan fingerprint density at radius 2 is 1.90 bits per heavy atom.